The Morgan fingerprint density at radius 3 is 2.68 bits per heavy atom. The molecule has 1 aromatic rings. The molecule has 1 saturated heterocycles. The van der Waals surface area contributed by atoms with Gasteiger partial charge in [-0.25, -0.2) is 0 Å². The largest absolute Gasteiger partial charge is 0.370 e. The summed E-state index contributed by atoms with van der Waals surface area (Å²) in [6.45, 7) is 6.57. The maximum absolute atomic E-state index is 5.87. The average molecular weight is 261 g/mol. The molecule has 1 aromatic carbocycles. The molecule has 19 heavy (non-hydrogen) atoms. The van der Waals surface area contributed by atoms with Crippen LogP contribution >= 0.6 is 0 Å². The quantitative estimate of drug-likeness (QED) is 0.900. The SMILES string of the molecule is Cc1cc(CC(C)N)ccc1N1CCC(N(C)C)C1. The van der Waals surface area contributed by atoms with Crippen LogP contribution in [-0.4, -0.2) is 44.2 Å². The summed E-state index contributed by atoms with van der Waals surface area (Å²) in [5.74, 6) is 0. The van der Waals surface area contributed by atoms with Crippen LogP contribution in [0, 0.1) is 6.92 Å². The Hall–Kier alpha value is -1.06. The van der Waals surface area contributed by atoms with Crippen LogP contribution in [0.25, 0.3) is 0 Å². The number of nitrogens with zero attached hydrogens (tertiary/aromatic N) is 2. The Bertz CT molecular complexity index is 426. The van der Waals surface area contributed by atoms with Crippen LogP contribution in [0.5, 0.6) is 0 Å². The van der Waals surface area contributed by atoms with Crippen molar-refractivity contribution < 1.29 is 0 Å². The molecule has 1 fully saturated rings. The average Bonchev–Trinajstić information content (AvgIpc) is 2.77. The zero-order chi connectivity index (χ0) is 14.0. The second-order valence-electron chi connectivity index (χ2n) is 6.15. The van der Waals surface area contributed by atoms with Gasteiger partial charge in [0, 0.05) is 30.9 Å². The minimum absolute atomic E-state index is 0.232. The van der Waals surface area contributed by atoms with Gasteiger partial charge in [-0.1, -0.05) is 12.1 Å². The Morgan fingerprint density at radius 1 is 1.42 bits per heavy atom. The van der Waals surface area contributed by atoms with Gasteiger partial charge in [-0.15, -0.1) is 0 Å². The van der Waals surface area contributed by atoms with Crippen LogP contribution in [0.1, 0.15) is 24.5 Å². The van der Waals surface area contributed by atoms with Crippen LogP contribution in [0.4, 0.5) is 5.69 Å². The molecule has 0 aliphatic carbocycles. The van der Waals surface area contributed by atoms with Gasteiger partial charge in [0.1, 0.15) is 0 Å². The van der Waals surface area contributed by atoms with Gasteiger partial charge in [0.25, 0.3) is 0 Å². The molecule has 2 atom stereocenters. The summed E-state index contributed by atoms with van der Waals surface area (Å²) in [6, 6.07) is 7.71. The minimum Gasteiger partial charge on any atom is -0.370 e. The first-order valence-corrected chi connectivity index (χ1v) is 7.24. The van der Waals surface area contributed by atoms with Crippen LogP contribution in [0.3, 0.4) is 0 Å². The summed E-state index contributed by atoms with van der Waals surface area (Å²) >= 11 is 0. The van der Waals surface area contributed by atoms with E-state index in [1.54, 1.807) is 0 Å². The number of aryl methyl sites for hydroxylation is 1. The lowest BCUT2D eigenvalue weighted by Crippen LogP contribution is -2.31. The van der Waals surface area contributed by atoms with E-state index in [1.807, 2.05) is 0 Å². The number of rotatable bonds is 4. The zero-order valence-corrected chi connectivity index (χ0v) is 12.7. The van der Waals surface area contributed by atoms with Crippen molar-refractivity contribution in [2.45, 2.75) is 38.8 Å². The van der Waals surface area contributed by atoms with Crippen LogP contribution in [-0.2, 0) is 6.42 Å². The molecule has 106 valence electrons. The molecule has 1 aliphatic rings. The third-order valence-corrected chi connectivity index (χ3v) is 4.05. The van der Waals surface area contributed by atoms with E-state index in [-0.39, 0.29) is 6.04 Å². The molecule has 3 nitrogen and oxygen atoms in total. The van der Waals surface area contributed by atoms with E-state index in [2.05, 4.69) is 55.9 Å². The van der Waals surface area contributed by atoms with Crippen molar-refractivity contribution in [1.82, 2.24) is 4.90 Å². The van der Waals surface area contributed by atoms with Crippen molar-refractivity contribution in [3.63, 3.8) is 0 Å². The van der Waals surface area contributed by atoms with Gasteiger partial charge in [0.15, 0.2) is 0 Å². The van der Waals surface area contributed by atoms with Gasteiger partial charge in [-0.3, -0.25) is 0 Å². The second kappa shape index (κ2) is 5.93. The first kappa shape index (κ1) is 14.4. The highest BCUT2D eigenvalue weighted by molar-refractivity contribution is 5.55. The lowest BCUT2D eigenvalue weighted by Gasteiger charge is -2.23. The molecule has 2 unspecified atom stereocenters. The fourth-order valence-corrected chi connectivity index (χ4v) is 2.95. The normalized spacial score (nSPS) is 21.2. The topological polar surface area (TPSA) is 32.5 Å². The number of benzene rings is 1. The number of anilines is 1. The predicted molar refractivity (Wildman–Crippen MR) is 82.8 cm³/mol. The van der Waals surface area contributed by atoms with Crippen molar-refractivity contribution in [2.24, 2.45) is 5.73 Å². The first-order valence-electron chi connectivity index (χ1n) is 7.24. The lowest BCUT2D eigenvalue weighted by molar-refractivity contribution is 0.315. The highest BCUT2D eigenvalue weighted by atomic mass is 15.2. The summed E-state index contributed by atoms with van der Waals surface area (Å²) in [6.07, 6.45) is 2.22. The van der Waals surface area contributed by atoms with Gasteiger partial charge in [0.2, 0.25) is 0 Å². The van der Waals surface area contributed by atoms with E-state index in [4.69, 9.17) is 5.73 Å². The number of hydrogen-bond acceptors (Lipinski definition) is 3. The van der Waals surface area contributed by atoms with Crippen molar-refractivity contribution in [3.8, 4) is 0 Å². The molecule has 2 N–H and O–H groups in total. The fraction of sp³-hybridized carbons (Fsp3) is 0.625. The van der Waals surface area contributed by atoms with Crippen LogP contribution in [0.15, 0.2) is 18.2 Å². The van der Waals surface area contributed by atoms with E-state index in [9.17, 15) is 0 Å². The molecule has 0 saturated carbocycles. The summed E-state index contributed by atoms with van der Waals surface area (Å²) in [7, 11) is 4.35. The Morgan fingerprint density at radius 2 is 2.16 bits per heavy atom. The number of likely N-dealkylation sites (N-methyl/N-ethyl adjacent to an activating group) is 1. The third kappa shape index (κ3) is 3.48. The molecule has 0 amide bonds. The van der Waals surface area contributed by atoms with Crippen molar-refractivity contribution in [3.05, 3.63) is 29.3 Å². The van der Waals surface area contributed by atoms with Gasteiger partial charge in [0.05, 0.1) is 0 Å². The van der Waals surface area contributed by atoms with E-state index < -0.39 is 0 Å². The lowest BCUT2D eigenvalue weighted by atomic mass is 10.0. The van der Waals surface area contributed by atoms with Gasteiger partial charge in [-0.05, 0) is 58.0 Å². The molecule has 0 bridgehead atoms. The molecule has 1 heterocycles. The summed E-state index contributed by atoms with van der Waals surface area (Å²) in [5, 5.41) is 0. The predicted octanol–water partition coefficient (Wildman–Crippen LogP) is 2.03. The first-order chi connectivity index (χ1) is 8.97. The standard InChI is InChI=1S/C16H27N3/c1-12-9-14(10-13(2)17)5-6-16(12)19-8-7-15(11-19)18(3)4/h5-6,9,13,15H,7-8,10-11,17H2,1-4H3. The van der Waals surface area contributed by atoms with Gasteiger partial charge < -0.3 is 15.5 Å². The monoisotopic (exact) mass is 261 g/mol. The maximum atomic E-state index is 5.87. The number of nitrogens with two attached hydrogens (primary N) is 1. The Kier molecular flexibility index (Phi) is 4.48. The molecule has 0 aromatic heterocycles. The summed E-state index contributed by atoms with van der Waals surface area (Å²) in [4.78, 5) is 4.84. The zero-order valence-electron chi connectivity index (χ0n) is 12.7. The molecular formula is C16H27N3. The summed E-state index contributed by atoms with van der Waals surface area (Å²) < 4.78 is 0. The second-order valence-corrected chi connectivity index (χ2v) is 6.15. The minimum atomic E-state index is 0.232. The molecule has 1 aliphatic heterocycles. The number of hydrogen-bond donors (Lipinski definition) is 1. The van der Waals surface area contributed by atoms with Crippen molar-refractivity contribution >= 4 is 5.69 Å². The van der Waals surface area contributed by atoms with Gasteiger partial charge in [-0.2, -0.15) is 0 Å². The highest BCUT2D eigenvalue weighted by Crippen LogP contribution is 2.26. The molecular weight excluding hydrogens is 234 g/mol. The van der Waals surface area contributed by atoms with Crippen molar-refractivity contribution in [2.75, 3.05) is 32.1 Å². The smallest absolute Gasteiger partial charge is 0.0396 e. The van der Waals surface area contributed by atoms with Gasteiger partial charge >= 0.3 is 0 Å². The molecule has 0 radical (unpaired) electrons. The maximum Gasteiger partial charge on any atom is 0.0396 e. The Balaban J connectivity index is 2.09. The van der Waals surface area contributed by atoms with E-state index in [0.29, 0.717) is 6.04 Å². The third-order valence-electron chi connectivity index (χ3n) is 4.05. The fourth-order valence-electron chi connectivity index (χ4n) is 2.95. The highest BCUT2D eigenvalue weighted by Gasteiger charge is 2.24. The molecule has 0 spiro atoms. The molecule has 2 rings (SSSR count). The summed E-state index contributed by atoms with van der Waals surface area (Å²) in [5.41, 5.74) is 9.98. The van der Waals surface area contributed by atoms with Crippen molar-refractivity contribution in [1.29, 1.82) is 0 Å². The van der Waals surface area contributed by atoms with E-state index >= 15 is 0 Å². The Labute approximate surface area is 117 Å². The molecule has 3 heteroatoms. The van der Waals surface area contributed by atoms with E-state index in [0.717, 1.165) is 19.5 Å². The van der Waals surface area contributed by atoms with Crippen LogP contribution < -0.4 is 10.6 Å². The van der Waals surface area contributed by atoms with Crippen LogP contribution in [0.2, 0.25) is 0 Å². The van der Waals surface area contributed by atoms with E-state index in [1.165, 1.54) is 23.2 Å².